The zero-order valence-electron chi connectivity index (χ0n) is 23.9. The fourth-order valence-electron chi connectivity index (χ4n) is 4.12. The molecular formula is C31H38BrN3O4S. The first-order valence-electron chi connectivity index (χ1n) is 13.2. The summed E-state index contributed by atoms with van der Waals surface area (Å²) in [6.45, 7) is 11.0. The van der Waals surface area contributed by atoms with Gasteiger partial charge < -0.3 is 10.2 Å². The van der Waals surface area contributed by atoms with Crippen LogP contribution in [0.2, 0.25) is 0 Å². The molecule has 2 amide bonds. The third-order valence-electron chi connectivity index (χ3n) is 6.39. The molecule has 0 unspecified atom stereocenters. The molecule has 40 heavy (non-hydrogen) atoms. The van der Waals surface area contributed by atoms with Crippen molar-refractivity contribution in [2.24, 2.45) is 0 Å². The summed E-state index contributed by atoms with van der Waals surface area (Å²) in [6, 6.07) is 21.8. The number of sulfonamides is 1. The smallest absolute Gasteiger partial charge is 0.264 e. The number of anilines is 1. The maximum Gasteiger partial charge on any atom is 0.264 e. The maximum absolute atomic E-state index is 14.0. The average molecular weight is 629 g/mol. The first kappa shape index (κ1) is 31.4. The predicted molar refractivity (Wildman–Crippen MR) is 164 cm³/mol. The summed E-state index contributed by atoms with van der Waals surface area (Å²) in [7, 11) is -4.09. The molecule has 0 bridgehead atoms. The fraction of sp³-hybridized carbons (Fsp3) is 0.355. The lowest BCUT2D eigenvalue weighted by molar-refractivity contribution is -0.140. The highest BCUT2D eigenvalue weighted by Gasteiger charge is 2.33. The normalized spacial score (nSPS) is 12.6. The summed E-state index contributed by atoms with van der Waals surface area (Å²) in [5.41, 5.74) is 1.73. The van der Waals surface area contributed by atoms with Crippen molar-refractivity contribution in [3.63, 3.8) is 0 Å². The number of nitrogens with zero attached hydrogens (tertiary/aromatic N) is 2. The van der Waals surface area contributed by atoms with Gasteiger partial charge in [0.2, 0.25) is 11.8 Å². The van der Waals surface area contributed by atoms with Crippen molar-refractivity contribution in [1.29, 1.82) is 0 Å². The number of hydrogen-bond acceptors (Lipinski definition) is 4. The van der Waals surface area contributed by atoms with Gasteiger partial charge in [-0.2, -0.15) is 0 Å². The number of carbonyl (C=O) groups excluding carboxylic acids is 2. The van der Waals surface area contributed by atoms with Crippen molar-refractivity contribution in [3.8, 4) is 0 Å². The van der Waals surface area contributed by atoms with E-state index in [1.165, 1.54) is 17.0 Å². The van der Waals surface area contributed by atoms with E-state index in [0.717, 1.165) is 19.9 Å². The highest BCUT2D eigenvalue weighted by molar-refractivity contribution is 9.10. The number of amides is 2. The Bertz CT molecular complexity index is 1400. The Kier molecular flexibility index (Phi) is 10.2. The summed E-state index contributed by atoms with van der Waals surface area (Å²) < 4.78 is 29.7. The fourth-order valence-corrected chi connectivity index (χ4v) is 5.82. The summed E-state index contributed by atoms with van der Waals surface area (Å²) in [5, 5.41) is 2.93. The van der Waals surface area contributed by atoms with Crippen molar-refractivity contribution >= 4 is 43.5 Å². The van der Waals surface area contributed by atoms with Crippen LogP contribution in [0.4, 0.5) is 5.69 Å². The molecule has 0 aliphatic rings. The highest BCUT2D eigenvalue weighted by Crippen LogP contribution is 2.27. The number of carbonyl (C=O) groups is 2. The van der Waals surface area contributed by atoms with E-state index in [-0.39, 0.29) is 23.3 Å². The maximum atomic E-state index is 14.0. The van der Waals surface area contributed by atoms with Gasteiger partial charge >= 0.3 is 0 Å². The quantitative estimate of drug-likeness (QED) is 0.294. The lowest BCUT2D eigenvalue weighted by atomic mass is 10.0. The molecule has 0 aliphatic heterocycles. The molecule has 3 aromatic carbocycles. The Balaban J connectivity index is 2.03. The van der Waals surface area contributed by atoms with Gasteiger partial charge in [0.1, 0.15) is 12.6 Å². The summed E-state index contributed by atoms with van der Waals surface area (Å²) >= 11 is 3.42. The molecule has 1 atom stereocenters. The minimum Gasteiger partial charge on any atom is -0.350 e. The second-order valence-corrected chi connectivity index (χ2v) is 13.9. The van der Waals surface area contributed by atoms with Crippen LogP contribution in [-0.2, 0) is 26.2 Å². The summed E-state index contributed by atoms with van der Waals surface area (Å²) in [5.74, 6) is -0.554. The van der Waals surface area contributed by atoms with Crippen LogP contribution >= 0.6 is 15.9 Å². The van der Waals surface area contributed by atoms with Crippen LogP contribution in [0.1, 0.15) is 58.6 Å². The molecule has 0 aliphatic carbocycles. The third kappa shape index (κ3) is 8.17. The average Bonchev–Trinajstić information content (AvgIpc) is 2.90. The first-order chi connectivity index (χ1) is 18.7. The molecule has 0 fully saturated rings. The number of nitrogens with one attached hydrogen (secondary N) is 1. The standard InChI is InChI=1S/C31H38BrN3O4S/c1-22(2)25-14-18-27(19-15-25)35(40(38,39)28-10-8-7-9-11-28)21-29(36)34(20-24-12-16-26(32)17-13-24)23(3)30(37)33-31(4,5)6/h7-19,22-23H,20-21H2,1-6H3,(H,33,37)/t23-/m0/s1. The molecule has 214 valence electrons. The molecule has 1 N–H and O–H groups in total. The molecule has 0 spiro atoms. The van der Waals surface area contributed by atoms with Crippen LogP contribution in [0.3, 0.4) is 0 Å². The SMILES string of the molecule is CC(C)c1ccc(N(CC(=O)N(Cc2ccc(Br)cc2)[C@@H](C)C(=O)NC(C)(C)C)S(=O)(=O)c2ccccc2)cc1. The zero-order valence-corrected chi connectivity index (χ0v) is 26.3. The molecule has 3 rings (SSSR count). The minimum absolute atomic E-state index is 0.0775. The van der Waals surface area contributed by atoms with E-state index in [9.17, 15) is 18.0 Å². The molecule has 0 heterocycles. The topological polar surface area (TPSA) is 86.8 Å². The van der Waals surface area contributed by atoms with E-state index in [2.05, 4.69) is 35.1 Å². The van der Waals surface area contributed by atoms with Gasteiger partial charge in [-0.3, -0.25) is 13.9 Å². The molecule has 7 nitrogen and oxygen atoms in total. The zero-order chi connectivity index (χ0) is 29.7. The molecule has 0 radical (unpaired) electrons. The van der Waals surface area contributed by atoms with Crippen LogP contribution in [0.15, 0.2) is 88.2 Å². The van der Waals surface area contributed by atoms with Gasteiger partial charge in [0.05, 0.1) is 10.6 Å². The Morgan fingerprint density at radius 1 is 0.875 bits per heavy atom. The Hall–Kier alpha value is -3.17. The monoisotopic (exact) mass is 627 g/mol. The third-order valence-corrected chi connectivity index (χ3v) is 8.71. The largest absolute Gasteiger partial charge is 0.350 e. The van der Waals surface area contributed by atoms with Gasteiger partial charge in [0, 0.05) is 16.6 Å². The molecule has 0 saturated heterocycles. The molecule has 0 aromatic heterocycles. The van der Waals surface area contributed by atoms with Crippen molar-refractivity contribution < 1.29 is 18.0 Å². The highest BCUT2D eigenvalue weighted by atomic mass is 79.9. The van der Waals surface area contributed by atoms with Gasteiger partial charge in [0.25, 0.3) is 10.0 Å². The van der Waals surface area contributed by atoms with E-state index in [1.807, 2.05) is 57.2 Å². The van der Waals surface area contributed by atoms with Gasteiger partial charge in [-0.05, 0) is 81.1 Å². The second kappa shape index (κ2) is 13.0. The van der Waals surface area contributed by atoms with Crippen molar-refractivity contribution in [3.05, 3.63) is 94.5 Å². The van der Waals surface area contributed by atoms with E-state index >= 15 is 0 Å². The van der Waals surface area contributed by atoms with Gasteiger partial charge in [-0.15, -0.1) is 0 Å². The van der Waals surface area contributed by atoms with Crippen LogP contribution in [-0.4, -0.2) is 43.3 Å². The van der Waals surface area contributed by atoms with Crippen LogP contribution < -0.4 is 9.62 Å². The molecule has 0 saturated carbocycles. The number of benzene rings is 3. The van der Waals surface area contributed by atoms with Crippen LogP contribution in [0, 0.1) is 0 Å². The lowest BCUT2D eigenvalue weighted by Gasteiger charge is -2.33. The Labute approximate surface area is 246 Å². The minimum atomic E-state index is -4.09. The Morgan fingerprint density at radius 3 is 1.98 bits per heavy atom. The van der Waals surface area contributed by atoms with Gasteiger partial charge in [-0.1, -0.05) is 72.2 Å². The summed E-state index contributed by atoms with van der Waals surface area (Å²) in [4.78, 5) is 28.7. The van der Waals surface area contributed by atoms with Crippen LogP contribution in [0.5, 0.6) is 0 Å². The number of halogens is 1. The summed E-state index contributed by atoms with van der Waals surface area (Å²) in [6.07, 6.45) is 0. The van der Waals surface area contributed by atoms with Crippen LogP contribution in [0.25, 0.3) is 0 Å². The van der Waals surface area contributed by atoms with E-state index in [1.54, 1.807) is 37.3 Å². The van der Waals surface area contributed by atoms with E-state index < -0.39 is 34.1 Å². The van der Waals surface area contributed by atoms with Crippen molar-refractivity contribution in [1.82, 2.24) is 10.2 Å². The second-order valence-electron chi connectivity index (χ2n) is 11.1. The number of rotatable bonds is 10. The molecule has 3 aromatic rings. The Morgan fingerprint density at radius 2 is 1.45 bits per heavy atom. The van der Waals surface area contributed by atoms with Crippen molar-refractivity contribution in [2.75, 3.05) is 10.8 Å². The molecule has 9 heteroatoms. The van der Waals surface area contributed by atoms with E-state index in [0.29, 0.717) is 5.69 Å². The lowest BCUT2D eigenvalue weighted by Crippen LogP contribution is -2.54. The molecular weight excluding hydrogens is 590 g/mol. The first-order valence-corrected chi connectivity index (χ1v) is 15.5. The predicted octanol–water partition coefficient (Wildman–Crippen LogP) is 6.10. The van der Waals surface area contributed by atoms with Crippen molar-refractivity contribution in [2.45, 2.75) is 70.5 Å². The number of hydrogen-bond donors (Lipinski definition) is 1. The van der Waals surface area contributed by atoms with E-state index in [4.69, 9.17) is 0 Å². The van der Waals surface area contributed by atoms with Gasteiger partial charge in [0.15, 0.2) is 0 Å². The van der Waals surface area contributed by atoms with Gasteiger partial charge in [-0.25, -0.2) is 8.42 Å².